The molecule has 0 aliphatic heterocycles. The molecule has 0 atom stereocenters. The maximum Gasteiger partial charge on any atom is 0.341 e. The number of para-hydroxylation sites is 1. The predicted octanol–water partition coefficient (Wildman–Crippen LogP) is 3.73. The third-order valence-electron chi connectivity index (χ3n) is 5.10. The first kappa shape index (κ1) is 27.0. The quantitative estimate of drug-likeness (QED) is 0.240. The average molecular weight is 530 g/mol. The maximum absolute atomic E-state index is 12.8. The topological polar surface area (TPSA) is 116 Å². The molecule has 0 spiro atoms. The minimum atomic E-state index is -0.628. The minimum Gasteiger partial charge on any atom is -0.496 e. The minimum absolute atomic E-state index is 0.00424. The van der Waals surface area contributed by atoms with Crippen LogP contribution in [0, 0.1) is 6.92 Å². The Kier molecular flexibility index (Phi) is 8.88. The van der Waals surface area contributed by atoms with Crippen molar-refractivity contribution in [3.63, 3.8) is 0 Å². The molecule has 3 aromatic rings. The van der Waals surface area contributed by atoms with E-state index in [1.807, 2.05) is 28.8 Å². The molecule has 0 aliphatic carbocycles. The van der Waals surface area contributed by atoms with Gasteiger partial charge in [-0.1, -0.05) is 30.0 Å². The van der Waals surface area contributed by atoms with Crippen LogP contribution in [0.15, 0.2) is 42.1 Å². The average Bonchev–Trinajstić information content (AvgIpc) is 3.42. The van der Waals surface area contributed by atoms with Gasteiger partial charge in [-0.3, -0.25) is 14.2 Å². The van der Waals surface area contributed by atoms with Gasteiger partial charge in [0.15, 0.2) is 11.0 Å². The summed E-state index contributed by atoms with van der Waals surface area (Å²) in [6.45, 7) is 5.89. The van der Waals surface area contributed by atoms with Crippen molar-refractivity contribution >= 4 is 45.9 Å². The molecule has 0 bridgehead atoms. The monoisotopic (exact) mass is 529 g/mol. The number of hydrogen-bond donors (Lipinski definition) is 1. The van der Waals surface area contributed by atoms with Gasteiger partial charge in [0, 0.05) is 20.6 Å². The molecule has 36 heavy (non-hydrogen) atoms. The highest BCUT2D eigenvalue weighted by Crippen LogP contribution is 2.35. The molecule has 0 fully saturated rings. The number of anilines is 1. The summed E-state index contributed by atoms with van der Waals surface area (Å²) < 4.78 is 12.2. The lowest BCUT2D eigenvalue weighted by atomic mass is 10.1. The smallest absolute Gasteiger partial charge is 0.341 e. The molecule has 0 saturated heterocycles. The molecule has 0 unspecified atom stereocenters. The van der Waals surface area contributed by atoms with Crippen LogP contribution < -0.4 is 10.1 Å². The summed E-state index contributed by atoms with van der Waals surface area (Å²) in [7, 11) is 6.07. The zero-order valence-electron chi connectivity index (χ0n) is 20.7. The zero-order chi connectivity index (χ0) is 26.4. The van der Waals surface area contributed by atoms with Gasteiger partial charge in [-0.25, -0.2) is 4.79 Å². The van der Waals surface area contributed by atoms with Gasteiger partial charge in [0.1, 0.15) is 10.8 Å². The van der Waals surface area contributed by atoms with Crippen LogP contribution in [0.5, 0.6) is 5.75 Å². The number of esters is 1. The Morgan fingerprint density at radius 2 is 1.94 bits per heavy atom. The van der Waals surface area contributed by atoms with E-state index >= 15 is 0 Å². The van der Waals surface area contributed by atoms with Crippen LogP contribution >= 0.6 is 23.1 Å². The van der Waals surface area contributed by atoms with Gasteiger partial charge in [-0.2, -0.15) is 0 Å². The van der Waals surface area contributed by atoms with Crippen LogP contribution in [-0.2, 0) is 16.1 Å². The molecular formula is C24H27N5O5S2. The third-order valence-corrected chi connectivity index (χ3v) is 7.26. The number of benzene rings is 1. The number of thiophene rings is 1. The van der Waals surface area contributed by atoms with Crippen molar-refractivity contribution in [2.24, 2.45) is 0 Å². The SMILES string of the molecule is C=CCn1c(SCC(=O)Nc2sc(C(=O)N(C)C)c(C)c2C(=O)OC)nnc1-c1ccccc1OC. The van der Waals surface area contributed by atoms with Gasteiger partial charge in [0.2, 0.25) is 5.91 Å². The molecule has 0 saturated carbocycles. The number of carbonyl (C=O) groups excluding carboxylic acids is 3. The van der Waals surface area contributed by atoms with Crippen LogP contribution in [0.4, 0.5) is 5.00 Å². The van der Waals surface area contributed by atoms with Gasteiger partial charge in [-0.05, 0) is 24.6 Å². The second-order valence-corrected chi connectivity index (χ2v) is 9.66. The first-order chi connectivity index (χ1) is 17.2. The van der Waals surface area contributed by atoms with Crippen molar-refractivity contribution in [2.75, 3.05) is 39.4 Å². The molecule has 2 heterocycles. The highest BCUT2D eigenvalue weighted by Gasteiger charge is 2.27. The fourth-order valence-corrected chi connectivity index (χ4v) is 5.35. The predicted molar refractivity (Wildman–Crippen MR) is 140 cm³/mol. The highest BCUT2D eigenvalue weighted by atomic mass is 32.2. The number of carbonyl (C=O) groups is 3. The molecule has 2 amide bonds. The van der Waals surface area contributed by atoms with Crippen LogP contribution in [0.3, 0.4) is 0 Å². The molecule has 10 nitrogen and oxygen atoms in total. The highest BCUT2D eigenvalue weighted by molar-refractivity contribution is 7.99. The van der Waals surface area contributed by atoms with E-state index in [4.69, 9.17) is 9.47 Å². The van der Waals surface area contributed by atoms with Crippen LogP contribution in [-0.4, -0.2) is 71.5 Å². The molecule has 1 N–H and O–H groups in total. The summed E-state index contributed by atoms with van der Waals surface area (Å²) in [6, 6.07) is 7.45. The van der Waals surface area contributed by atoms with Crippen molar-refractivity contribution in [1.82, 2.24) is 19.7 Å². The molecule has 2 aromatic heterocycles. The van der Waals surface area contributed by atoms with Gasteiger partial charge in [0.25, 0.3) is 5.91 Å². The Hall–Kier alpha value is -3.64. The van der Waals surface area contributed by atoms with E-state index < -0.39 is 5.97 Å². The Balaban J connectivity index is 1.83. The molecule has 1 aromatic carbocycles. The number of methoxy groups -OCH3 is 2. The van der Waals surface area contributed by atoms with Gasteiger partial charge < -0.3 is 19.7 Å². The van der Waals surface area contributed by atoms with E-state index in [0.717, 1.165) is 16.9 Å². The molecule has 190 valence electrons. The van der Waals surface area contributed by atoms with Crippen molar-refractivity contribution in [2.45, 2.75) is 18.6 Å². The summed E-state index contributed by atoms with van der Waals surface area (Å²) in [5.74, 6) is -0.0341. The first-order valence-corrected chi connectivity index (χ1v) is 12.6. The van der Waals surface area contributed by atoms with Gasteiger partial charge >= 0.3 is 5.97 Å². The fourth-order valence-electron chi connectivity index (χ4n) is 3.37. The van der Waals surface area contributed by atoms with Crippen LogP contribution in [0.2, 0.25) is 0 Å². The Labute approximate surface area is 217 Å². The van der Waals surface area contributed by atoms with E-state index in [0.29, 0.717) is 33.7 Å². The van der Waals surface area contributed by atoms with Crippen molar-refractivity contribution in [3.8, 4) is 17.1 Å². The van der Waals surface area contributed by atoms with E-state index in [1.165, 1.54) is 23.8 Å². The number of rotatable bonds is 10. The first-order valence-electron chi connectivity index (χ1n) is 10.8. The number of hydrogen-bond acceptors (Lipinski definition) is 9. The third kappa shape index (κ3) is 5.60. The van der Waals surface area contributed by atoms with Crippen molar-refractivity contribution in [3.05, 3.63) is 52.9 Å². The Bertz CT molecular complexity index is 1300. The summed E-state index contributed by atoms with van der Waals surface area (Å²) in [5, 5.41) is 12.1. The van der Waals surface area contributed by atoms with E-state index in [2.05, 4.69) is 22.1 Å². The van der Waals surface area contributed by atoms with E-state index in [-0.39, 0.29) is 28.1 Å². The number of ether oxygens (including phenoxy) is 2. The number of aromatic nitrogens is 3. The lowest BCUT2D eigenvalue weighted by Crippen LogP contribution is -2.21. The fraction of sp³-hybridized carbons (Fsp3) is 0.292. The standard InChI is InChI=1S/C24H27N5O5S2/c1-7-12-29-20(15-10-8-9-11-16(15)33-5)26-27-24(29)35-13-17(30)25-21-18(23(32)34-6)14(2)19(36-21)22(31)28(3)4/h7-11H,1,12-13H2,2-6H3,(H,25,30). The number of allylic oxidation sites excluding steroid dienone is 1. The number of nitrogens with zero attached hydrogens (tertiary/aromatic N) is 4. The van der Waals surface area contributed by atoms with E-state index in [1.54, 1.807) is 34.2 Å². The van der Waals surface area contributed by atoms with Gasteiger partial charge in [-0.15, -0.1) is 28.1 Å². The van der Waals surface area contributed by atoms with Gasteiger partial charge in [0.05, 0.1) is 36.0 Å². The molecule has 3 rings (SSSR count). The number of thioether (sulfide) groups is 1. The summed E-state index contributed by atoms with van der Waals surface area (Å²) in [5.41, 5.74) is 1.39. The second-order valence-electron chi connectivity index (χ2n) is 7.69. The second kappa shape index (κ2) is 11.9. The maximum atomic E-state index is 12.8. The zero-order valence-corrected chi connectivity index (χ0v) is 22.3. The van der Waals surface area contributed by atoms with Crippen molar-refractivity contribution in [1.29, 1.82) is 0 Å². The van der Waals surface area contributed by atoms with Crippen LogP contribution in [0.1, 0.15) is 25.6 Å². The lowest BCUT2D eigenvalue weighted by molar-refractivity contribution is -0.113. The summed E-state index contributed by atoms with van der Waals surface area (Å²) in [4.78, 5) is 39.5. The molecule has 0 radical (unpaired) electrons. The molecular weight excluding hydrogens is 502 g/mol. The summed E-state index contributed by atoms with van der Waals surface area (Å²) in [6.07, 6.45) is 1.72. The number of amides is 2. The number of nitrogens with one attached hydrogen (secondary N) is 1. The largest absolute Gasteiger partial charge is 0.496 e. The van der Waals surface area contributed by atoms with Crippen LogP contribution in [0.25, 0.3) is 11.4 Å². The lowest BCUT2D eigenvalue weighted by Gasteiger charge is -2.10. The normalized spacial score (nSPS) is 10.6. The Morgan fingerprint density at radius 1 is 1.22 bits per heavy atom. The van der Waals surface area contributed by atoms with E-state index in [9.17, 15) is 14.4 Å². The Morgan fingerprint density at radius 3 is 2.58 bits per heavy atom. The summed E-state index contributed by atoms with van der Waals surface area (Å²) >= 11 is 2.23. The molecule has 0 aliphatic rings. The molecule has 12 heteroatoms. The van der Waals surface area contributed by atoms with Crippen molar-refractivity contribution < 1.29 is 23.9 Å².